The van der Waals surface area contributed by atoms with Gasteiger partial charge in [-0.2, -0.15) is 0 Å². The van der Waals surface area contributed by atoms with E-state index in [2.05, 4.69) is 6.58 Å². The van der Waals surface area contributed by atoms with Gasteiger partial charge in [-0.3, -0.25) is 23.5 Å². The molecule has 0 aliphatic heterocycles. The molecular formula is C20H35N2O10P3. The van der Waals surface area contributed by atoms with Gasteiger partial charge in [-0.25, -0.2) is 0 Å². The maximum Gasteiger partial charge on any atom is 0.339 e. The summed E-state index contributed by atoms with van der Waals surface area (Å²) in [6.07, 6.45) is 2.60. The van der Waals surface area contributed by atoms with Crippen molar-refractivity contribution in [2.45, 2.75) is 57.2 Å². The highest BCUT2D eigenvalue weighted by Gasteiger charge is 2.40. The van der Waals surface area contributed by atoms with Gasteiger partial charge in [-0.05, 0) is 37.3 Å². The van der Waals surface area contributed by atoms with E-state index in [1.54, 1.807) is 18.2 Å². The Morgan fingerprint density at radius 2 is 1.34 bits per heavy atom. The van der Waals surface area contributed by atoms with Crippen LogP contribution >= 0.6 is 22.8 Å². The summed E-state index contributed by atoms with van der Waals surface area (Å²) < 4.78 is 35.5. The van der Waals surface area contributed by atoms with Gasteiger partial charge in [0.15, 0.2) is 0 Å². The number of aromatic hydroxyl groups is 1. The van der Waals surface area contributed by atoms with Crippen molar-refractivity contribution in [3.8, 4) is 5.75 Å². The summed E-state index contributed by atoms with van der Waals surface area (Å²) in [6.45, 7) is 3.61. The van der Waals surface area contributed by atoms with Gasteiger partial charge in [-0.1, -0.05) is 31.1 Å². The second kappa shape index (κ2) is 12.6. The van der Waals surface area contributed by atoms with Gasteiger partial charge >= 0.3 is 22.8 Å². The maximum absolute atomic E-state index is 12.0. The average molecular weight is 556 g/mol. The number of phenolic OH excluding ortho intramolecular Hbond substituents is 1. The molecule has 0 heterocycles. The minimum absolute atomic E-state index is 0.0697. The fraction of sp³-hybridized carbons (Fsp3) is 0.600. The van der Waals surface area contributed by atoms with Crippen LogP contribution in [0.3, 0.4) is 0 Å². The first-order valence-corrected chi connectivity index (χ1v) is 16.5. The molecule has 2 unspecified atom stereocenters. The Bertz CT molecular complexity index is 981. The van der Waals surface area contributed by atoms with E-state index >= 15 is 0 Å². The quantitative estimate of drug-likeness (QED) is 0.138. The summed E-state index contributed by atoms with van der Waals surface area (Å²) in [7, 11) is -14.0. The topological polar surface area (TPSA) is 199 Å². The van der Waals surface area contributed by atoms with Crippen LogP contribution in [0.5, 0.6) is 5.75 Å². The number of rotatable bonds is 13. The first-order valence-electron chi connectivity index (χ1n) is 11.1. The van der Waals surface area contributed by atoms with Crippen molar-refractivity contribution < 1.29 is 48.2 Å². The van der Waals surface area contributed by atoms with Gasteiger partial charge in [-0.15, -0.1) is 6.58 Å². The summed E-state index contributed by atoms with van der Waals surface area (Å²) in [5, 5.41) is 10.4. The second-order valence-electron chi connectivity index (χ2n) is 8.96. The molecule has 0 saturated heterocycles. The van der Waals surface area contributed by atoms with Crippen molar-refractivity contribution in [1.82, 2.24) is 9.80 Å². The predicted molar refractivity (Wildman–Crippen MR) is 131 cm³/mol. The molecule has 15 heteroatoms. The molecule has 7 N–H and O–H groups in total. The number of nitrogens with zero attached hydrogens (tertiary/aromatic N) is 2. The molecule has 200 valence electrons. The fourth-order valence-electron chi connectivity index (χ4n) is 4.59. The van der Waals surface area contributed by atoms with Crippen LogP contribution in [-0.4, -0.2) is 75.2 Å². The molecule has 1 aromatic rings. The van der Waals surface area contributed by atoms with Crippen molar-refractivity contribution in [2.75, 3.05) is 18.9 Å². The summed E-state index contributed by atoms with van der Waals surface area (Å²) in [6, 6.07) is 3.51. The van der Waals surface area contributed by atoms with Crippen molar-refractivity contribution in [3.63, 3.8) is 0 Å². The Hall–Kier alpha value is -0.870. The first-order chi connectivity index (χ1) is 16.1. The molecule has 0 amide bonds. The third-order valence-corrected chi connectivity index (χ3v) is 8.08. The van der Waals surface area contributed by atoms with Gasteiger partial charge in [0, 0.05) is 24.2 Å². The Labute approximate surface area is 204 Å². The summed E-state index contributed by atoms with van der Waals surface area (Å²) in [4.78, 5) is 60.2. The lowest BCUT2D eigenvalue weighted by Crippen LogP contribution is -2.53. The number of aryl methyl sites for hydroxylation is 1. The van der Waals surface area contributed by atoms with Crippen LogP contribution in [-0.2, 0) is 26.7 Å². The Balaban J connectivity index is 2.45. The van der Waals surface area contributed by atoms with Crippen LogP contribution in [0.1, 0.15) is 43.2 Å². The molecule has 1 fully saturated rings. The Morgan fingerprint density at radius 3 is 1.83 bits per heavy atom. The minimum atomic E-state index is -4.70. The largest absolute Gasteiger partial charge is 0.508 e. The van der Waals surface area contributed by atoms with Gasteiger partial charge in [0.2, 0.25) is 0 Å². The molecule has 1 aromatic carbocycles. The van der Waals surface area contributed by atoms with Crippen LogP contribution in [0.25, 0.3) is 0 Å². The highest BCUT2D eigenvalue weighted by Crippen LogP contribution is 2.45. The van der Waals surface area contributed by atoms with Gasteiger partial charge < -0.3 is 34.5 Å². The maximum atomic E-state index is 12.0. The second-order valence-corrected chi connectivity index (χ2v) is 13.8. The molecule has 0 radical (unpaired) electrons. The smallest absolute Gasteiger partial charge is 0.339 e. The molecule has 0 spiro atoms. The fourth-order valence-corrected chi connectivity index (χ4v) is 7.10. The van der Waals surface area contributed by atoms with Crippen molar-refractivity contribution in [2.24, 2.45) is 0 Å². The number of hydrogen-bond acceptors (Lipinski definition) is 6. The Kier molecular flexibility index (Phi) is 10.9. The van der Waals surface area contributed by atoms with Crippen molar-refractivity contribution >= 4 is 22.8 Å². The molecule has 1 aliphatic carbocycles. The van der Waals surface area contributed by atoms with Crippen LogP contribution in [0.2, 0.25) is 0 Å². The summed E-state index contributed by atoms with van der Waals surface area (Å²) in [5.74, 6) is -0.0716. The molecule has 0 aromatic heterocycles. The van der Waals surface area contributed by atoms with E-state index in [1.807, 2.05) is 0 Å². The molecule has 35 heavy (non-hydrogen) atoms. The number of hydrogen-bond donors (Lipinski definition) is 7. The highest BCUT2D eigenvalue weighted by atomic mass is 31.2. The molecule has 12 nitrogen and oxygen atoms in total. The average Bonchev–Trinajstić information content (AvgIpc) is 2.70. The third-order valence-electron chi connectivity index (χ3n) is 5.88. The van der Waals surface area contributed by atoms with Crippen LogP contribution in [0.4, 0.5) is 0 Å². The molecule has 0 bridgehead atoms. The van der Waals surface area contributed by atoms with E-state index in [-0.39, 0.29) is 12.3 Å². The molecule has 2 rings (SSSR count). The standard InChI is InChI=1S/C20H35N2O10P3/c1-2-3-6-16-9-10-20(23)17(11-16)12-21(13-33(24,25)26)18-7-4-5-8-19(18)22(14-34(27,28)29)15-35(30,31)32/h2,9-11,18-19,23H,1,3-8,12-15H2,(H2,24,25,26)(H2,27,28,29)(H2,30,31,32). The lowest BCUT2D eigenvalue weighted by atomic mass is 9.88. The van der Waals surface area contributed by atoms with Gasteiger partial charge in [0.1, 0.15) is 24.6 Å². The lowest BCUT2D eigenvalue weighted by molar-refractivity contribution is 0.0628. The lowest BCUT2D eigenvalue weighted by Gasteiger charge is -2.45. The first kappa shape index (κ1) is 30.4. The van der Waals surface area contributed by atoms with E-state index in [9.17, 15) is 48.2 Å². The van der Waals surface area contributed by atoms with Gasteiger partial charge in [0.25, 0.3) is 0 Å². The number of allylic oxidation sites excluding steroid dienone is 1. The predicted octanol–water partition coefficient (Wildman–Crippen LogP) is 2.33. The monoisotopic (exact) mass is 556 g/mol. The molecule has 2 atom stereocenters. The normalized spacial score (nSPS) is 19.9. The van der Waals surface area contributed by atoms with E-state index in [4.69, 9.17) is 0 Å². The van der Waals surface area contributed by atoms with E-state index in [0.717, 1.165) is 10.5 Å². The summed E-state index contributed by atoms with van der Waals surface area (Å²) in [5.41, 5.74) is 1.31. The van der Waals surface area contributed by atoms with Crippen molar-refractivity contribution in [3.05, 3.63) is 42.0 Å². The van der Waals surface area contributed by atoms with Crippen molar-refractivity contribution in [1.29, 1.82) is 0 Å². The zero-order valence-corrected chi connectivity index (χ0v) is 22.0. The minimum Gasteiger partial charge on any atom is -0.508 e. The molecule has 1 aliphatic rings. The number of benzene rings is 1. The third kappa shape index (κ3) is 11.0. The van der Waals surface area contributed by atoms with Gasteiger partial charge in [0.05, 0.1) is 0 Å². The zero-order valence-electron chi connectivity index (χ0n) is 19.3. The Morgan fingerprint density at radius 1 is 0.857 bits per heavy atom. The SMILES string of the molecule is C=CCCc1ccc(O)c(CN(CP(=O)(O)O)C2CCCCC2N(CP(=O)(O)O)CP(=O)(O)O)c1. The van der Waals surface area contributed by atoms with Crippen LogP contribution in [0.15, 0.2) is 30.9 Å². The van der Waals surface area contributed by atoms with E-state index in [0.29, 0.717) is 44.1 Å². The summed E-state index contributed by atoms with van der Waals surface area (Å²) >= 11 is 0. The van der Waals surface area contributed by atoms with E-state index < -0.39 is 53.7 Å². The molecule has 1 saturated carbocycles. The highest BCUT2D eigenvalue weighted by molar-refractivity contribution is 7.52. The molecular weight excluding hydrogens is 521 g/mol. The van der Waals surface area contributed by atoms with Crippen LogP contribution < -0.4 is 0 Å². The van der Waals surface area contributed by atoms with Crippen LogP contribution in [0, 0.1) is 0 Å². The zero-order chi connectivity index (χ0) is 26.4. The van der Waals surface area contributed by atoms with E-state index in [1.165, 1.54) is 11.0 Å². The number of phenols is 1.